The average molecular weight is 521 g/mol. The van der Waals surface area contributed by atoms with Crippen molar-refractivity contribution in [3.05, 3.63) is 52.9 Å². The molecule has 0 radical (unpaired) electrons. The van der Waals surface area contributed by atoms with Gasteiger partial charge in [0.05, 0.1) is 33.9 Å². The number of aryl methyl sites for hydroxylation is 1. The Kier molecular flexibility index (Phi) is 6.08. The van der Waals surface area contributed by atoms with Gasteiger partial charge in [-0.15, -0.1) is 11.3 Å². The van der Waals surface area contributed by atoms with E-state index in [1.165, 1.54) is 5.69 Å². The largest absolute Gasteiger partial charge is 0.341 e. The molecule has 1 fully saturated rings. The summed E-state index contributed by atoms with van der Waals surface area (Å²) in [7, 11) is 0.941. The van der Waals surface area contributed by atoms with Crippen molar-refractivity contribution >= 4 is 38.9 Å². The van der Waals surface area contributed by atoms with E-state index >= 15 is 0 Å². The van der Waals surface area contributed by atoms with Crippen LogP contribution in [0.25, 0.3) is 32.6 Å². The van der Waals surface area contributed by atoms with Gasteiger partial charge in [-0.3, -0.25) is 13.9 Å². The first-order valence-corrected chi connectivity index (χ1v) is 14.6. The van der Waals surface area contributed by atoms with Crippen LogP contribution >= 0.6 is 11.3 Å². The Morgan fingerprint density at radius 3 is 2.78 bits per heavy atom. The average Bonchev–Trinajstić information content (AvgIpc) is 3.51. The molecule has 0 unspecified atom stereocenters. The number of nitrogens with one attached hydrogen (secondary N) is 1. The molecule has 2 aliphatic heterocycles. The minimum atomic E-state index is -0.728. The van der Waals surface area contributed by atoms with Gasteiger partial charge in [-0.2, -0.15) is 5.10 Å². The van der Waals surface area contributed by atoms with Crippen molar-refractivity contribution < 1.29 is 9.00 Å². The van der Waals surface area contributed by atoms with Crippen LogP contribution in [0.15, 0.2) is 36.7 Å². The first-order valence-electron chi connectivity index (χ1n) is 12.3. The number of carbonyl (C=O) groups excluding carboxylic acids is 1. The van der Waals surface area contributed by atoms with Crippen LogP contribution in [0.3, 0.4) is 0 Å². The molecule has 2 amide bonds. The molecular formula is C26H28N6O2S2. The highest BCUT2D eigenvalue weighted by atomic mass is 32.2. The number of nitrogens with zero attached hydrogens (tertiary/aromatic N) is 5. The summed E-state index contributed by atoms with van der Waals surface area (Å²) < 4.78 is 14.2. The molecular weight excluding hydrogens is 492 g/mol. The molecule has 0 atom stereocenters. The zero-order valence-electron chi connectivity index (χ0n) is 20.4. The van der Waals surface area contributed by atoms with Gasteiger partial charge in [0, 0.05) is 76.9 Å². The Labute approximate surface area is 216 Å². The van der Waals surface area contributed by atoms with E-state index in [1.54, 1.807) is 18.4 Å². The number of fused-ring (bicyclic) bond motifs is 2. The number of rotatable bonds is 3. The Bertz CT molecular complexity index is 1480. The molecule has 0 aliphatic carbocycles. The first kappa shape index (κ1) is 23.3. The van der Waals surface area contributed by atoms with Crippen molar-refractivity contribution in [2.45, 2.75) is 38.8 Å². The summed E-state index contributed by atoms with van der Waals surface area (Å²) in [6, 6.07) is 8.55. The van der Waals surface area contributed by atoms with Crippen molar-refractivity contribution in [2.75, 3.05) is 25.1 Å². The molecule has 0 spiro atoms. The topological polar surface area (TPSA) is 93.0 Å². The second-order valence-electron chi connectivity index (χ2n) is 9.36. The maximum Gasteiger partial charge on any atom is 0.317 e. The lowest BCUT2D eigenvalue weighted by Crippen LogP contribution is -2.41. The fraction of sp³-hybridized carbons (Fsp3) is 0.385. The molecule has 3 aromatic heterocycles. The minimum absolute atomic E-state index is 0.0727. The molecule has 6 rings (SSSR count). The van der Waals surface area contributed by atoms with E-state index in [4.69, 9.17) is 10.1 Å². The van der Waals surface area contributed by atoms with Crippen LogP contribution in [0.4, 0.5) is 4.79 Å². The fourth-order valence-corrected chi connectivity index (χ4v) is 7.33. The molecule has 0 bridgehead atoms. The van der Waals surface area contributed by atoms with Gasteiger partial charge < -0.3 is 10.2 Å². The molecule has 2 aliphatic rings. The molecule has 4 aromatic rings. The Morgan fingerprint density at radius 1 is 1.19 bits per heavy atom. The van der Waals surface area contributed by atoms with Crippen LogP contribution in [-0.2, 0) is 23.8 Å². The smallest absolute Gasteiger partial charge is 0.317 e. The molecule has 1 aromatic carbocycles. The van der Waals surface area contributed by atoms with Crippen LogP contribution in [0.1, 0.15) is 35.1 Å². The Hall–Kier alpha value is -3.11. The summed E-state index contributed by atoms with van der Waals surface area (Å²) in [6.45, 7) is 3.18. The lowest BCUT2D eigenvalue weighted by Gasteiger charge is -2.29. The summed E-state index contributed by atoms with van der Waals surface area (Å²) in [4.78, 5) is 24.6. The maximum absolute atomic E-state index is 12.5. The molecule has 186 valence electrons. The number of thiazole rings is 1. The van der Waals surface area contributed by atoms with E-state index in [0.717, 1.165) is 73.9 Å². The molecule has 10 heteroatoms. The SMILES string of the molecule is CNC(=O)N1CCc2c(c(-c3cccc4cc(-c5cnc(C)s5)ncc34)nn2C2CCS(=O)CC2)C1. The summed E-state index contributed by atoms with van der Waals surface area (Å²) in [6.07, 6.45) is 6.31. The van der Waals surface area contributed by atoms with Crippen molar-refractivity contribution in [1.82, 2.24) is 30.0 Å². The van der Waals surface area contributed by atoms with Gasteiger partial charge in [0.15, 0.2) is 0 Å². The molecule has 1 N–H and O–H groups in total. The van der Waals surface area contributed by atoms with Crippen LogP contribution in [0, 0.1) is 6.92 Å². The van der Waals surface area contributed by atoms with Gasteiger partial charge in [-0.05, 0) is 31.2 Å². The zero-order chi connectivity index (χ0) is 24.8. The van der Waals surface area contributed by atoms with E-state index in [9.17, 15) is 9.00 Å². The lowest BCUT2D eigenvalue weighted by atomic mass is 9.97. The number of amides is 2. The summed E-state index contributed by atoms with van der Waals surface area (Å²) in [5.74, 6) is 1.44. The van der Waals surface area contributed by atoms with Crippen LogP contribution in [-0.4, -0.2) is 60.0 Å². The highest BCUT2D eigenvalue weighted by Gasteiger charge is 2.31. The van der Waals surface area contributed by atoms with Gasteiger partial charge in [0.1, 0.15) is 0 Å². The standard InChI is InChI=1S/C26H28N6O2S2/c1-16-28-14-24(35-16)22-12-17-4-3-5-19(20(17)13-29-22)25-21-15-31(26(33)27-2)9-6-23(21)32(30-25)18-7-10-36(34)11-8-18/h3-5,12-14,18H,6-11,15H2,1-2H3,(H,27,33). The van der Waals surface area contributed by atoms with E-state index < -0.39 is 10.8 Å². The van der Waals surface area contributed by atoms with E-state index in [-0.39, 0.29) is 12.1 Å². The number of carbonyl (C=O) groups is 1. The van der Waals surface area contributed by atoms with Gasteiger partial charge >= 0.3 is 6.03 Å². The number of benzene rings is 1. The number of hydrogen-bond acceptors (Lipinski definition) is 6. The maximum atomic E-state index is 12.5. The minimum Gasteiger partial charge on any atom is -0.341 e. The molecule has 1 saturated heterocycles. The van der Waals surface area contributed by atoms with Crippen molar-refractivity contribution in [3.63, 3.8) is 0 Å². The third kappa shape index (κ3) is 4.12. The third-order valence-electron chi connectivity index (χ3n) is 7.18. The summed E-state index contributed by atoms with van der Waals surface area (Å²) in [5, 5.41) is 11.1. The number of hydrogen-bond donors (Lipinski definition) is 1. The Balaban J connectivity index is 1.47. The van der Waals surface area contributed by atoms with Gasteiger partial charge in [-0.1, -0.05) is 18.2 Å². The van der Waals surface area contributed by atoms with Crippen molar-refractivity contribution in [2.24, 2.45) is 0 Å². The van der Waals surface area contributed by atoms with E-state index in [2.05, 4.69) is 39.2 Å². The summed E-state index contributed by atoms with van der Waals surface area (Å²) >= 11 is 1.64. The monoisotopic (exact) mass is 520 g/mol. The second-order valence-corrected chi connectivity index (χ2v) is 12.3. The zero-order valence-corrected chi connectivity index (χ0v) is 22.0. The number of aromatic nitrogens is 4. The third-order valence-corrected chi connectivity index (χ3v) is 9.50. The first-order chi connectivity index (χ1) is 17.5. The molecule has 8 nitrogen and oxygen atoms in total. The van der Waals surface area contributed by atoms with Gasteiger partial charge in [-0.25, -0.2) is 9.78 Å². The highest BCUT2D eigenvalue weighted by Crippen LogP contribution is 2.38. The van der Waals surface area contributed by atoms with Crippen LogP contribution < -0.4 is 5.32 Å². The van der Waals surface area contributed by atoms with Crippen LogP contribution in [0.5, 0.6) is 0 Å². The fourth-order valence-electron chi connectivity index (χ4n) is 5.31. The summed E-state index contributed by atoms with van der Waals surface area (Å²) in [5.41, 5.74) is 5.16. The molecule has 36 heavy (non-hydrogen) atoms. The van der Waals surface area contributed by atoms with E-state index in [0.29, 0.717) is 13.1 Å². The van der Waals surface area contributed by atoms with E-state index in [1.807, 2.05) is 24.2 Å². The van der Waals surface area contributed by atoms with Gasteiger partial charge in [0.25, 0.3) is 0 Å². The van der Waals surface area contributed by atoms with Gasteiger partial charge in [0.2, 0.25) is 0 Å². The van der Waals surface area contributed by atoms with Crippen LogP contribution in [0.2, 0.25) is 0 Å². The second kappa shape index (κ2) is 9.40. The molecule has 5 heterocycles. The molecule has 0 saturated carbocycles. The predicted molar refractivity (Wildman–Crippen MR) is 144 cm³/mol. The number of pyridine rings is 1. The predicted octanol–water partition coefficient (Wildman–Crippen LogP) is 4.31. The lowest BCUT2D eigenvalue weighted by molar-refractivity contribution is 0.193. The quantitative estimate of drug-likeness (QED) is 0.435. The highest BCUT2D eigenvalue weighted by molar-refractivity contribution is 7.85. The van der Waals surface area contributed by atoms with Crippen molar-refractivity contribution in [3.8, 4) is 21.8 Å². The van der Waals surface area contributed by atoms with Crippen molar-refractivity contribution in [1.29, 1.82) is 0 Å². The normalized spacial score (nSPS) is 19.9. The Morgan fingerprint density at radius 2 is 2.03 bits per heavy atom. The number of urea groups is 1.